The first-order valence-electron chi connectivity index (χ1n) is 11.7. The van der Waals surface area contributed by atoms with Gasteiger partial charge in [0.15, 0.2) is 5.11 Å². The molecule has 1 aliphatic heterocycles. The molecule has 2 atom stereocenters. The highest BCUT2D eigenvalue weighted by Gasteiger charge is 2.42. The highest BCUT2D eigenvalue weighted by atomic mass is 35.5. The maximum atomic E-state index is 6.15. The van der Waals surface area contributed by atoms with Crippen LogP contribution in [0.25, 0.3) is 5.69 Å². The fourth-order valence-corrected chi connectivity index (χ4v) is 5.37. The predicted octanol–water partition coefficient (Wildman–Crippen LogP) is 6.72. The Morgan fingerprint density at radius 3 is 2.37 bits per heavy atom. The van der Waals surface area contributed by atoms with Crippen LogP contribution in [-0.2, 0) is 0 Å². The van der Waals surface area contributed by atoms with E-state index in [2.05, 4.69) is 51.8 Å². The minimum Gasteiger partial charge on any atom is -0.494 e. The van der Waals surface area contributed by atoms with Gasteiger partial charge in [-0.2, -0.15) is 0 Å². The molecule has 1 saturated heterocycles. The molecule has 5 rings (SSSR count). The van der Waals surface area contributed by atoms with Crippen molar-refractivity contribution < 1.29 is 4.74 Å². The number of nitrogens with one attached hydrogen (secondary N) is 1. The van der Waals surface area contributed by atoms with Crippen LogP contribution in [0.2, 0.25) is 5.02 Å². The zero-order chi connectivity index (χ0) is 24.5. The number of rotatable bonds is 6. The molecular formula is C28H27ClN4OS. The summed E-state index contributed by atoms with van der Waals surface area (Å²) in [6.07, 6.45) is 1.83. The van der Waals surface area contributed by atoms with E-state index in [4.69, 9.17) is 28.6 Å². The van der Waals surface area contributed by atoms with E-state index in [9.17, 15) is 0 Å². The summed E-state index contributed by atoms with van der Waals surface area (Å²) in [7, 11) is 0. The molecule has 2 aromatic heterocycles. The highest BCUT2D eigenvalue weighted by molar-refractivity contribution is 7.80. The summed E-state index contributed by atoms with van der Waals surface area (Å²) in [5.74, 6) is 0.841. The SMILES string of the molecule is CCOc1ccc(N2C(=S)NC(c3ccccn3)C2c2cc(C)n(-c3ccc(Cl)cc3)c2C)cc1. The van der Waals surface area contributed by atoms with Gasteiger partial charge in [-0.15, -0.1) is 0 Å². The average Bonchev–Trinajstić information content (AvgIpc) is 3.36. The third kappa shape index (κ3) is 4.40. The van der Waals surface area contributed by atoms with Crippen LogP contribution in [0.4, 0.5) is 5.69 Å². The molecule has 1 fully saturated rings. The van der Waals surface area contributed by atoms with Gasteiger partial charge < -0.3 is 19.5 Å². The molecule has 0 bridgehead atoms. The van der Waals surface area contributed by atoms with E-state index < -0.39 is 0 Å². The molecule has 3 heterocycles. The second-order valence-electron chi connectivity index (χ2n) is 8.56. The summed E-state index contributed by atoms with van der Waals surface area (Å²) in [6.45, 7) is 6.90. The Morgan fingerprint density at radius 1 is 1.00 bits per heavy atom. The van der Waals surface area contributed by atoms with E-state index in [-0.39, 0.29) is 12.1 Å². The Bertz CT molecular complexity index is 1340. The number of aromatic nitrogens is 2. The number of anilines is 1. The summed E-state index contributed by atoms with van der Waals surface area (Å²) in [5, 5.41) is 4.94. The fraction of sp³-hybridized carbons (Fsp3) is 0.214. The van der Waals surface area contributed by atoms with Crippen LogP contribution in [0.5, 0.6) is 5.75 Å². The Balaban J connectivity index is 1.63. The summed E-state index contributed by atoms with van der Waals surface area (Å²) in [6, 6.07) is 24.1. The van der Waals surface area contributed by atoms with Crippen molar-refractivity contribution in [1.29, 1.82) is 0 Å². The van der Waals surface area contributed by atoms with E-state index in [0.29, 0.717) is 11.7 Å². The van der Waals surface area contributed by atoms with E-state index in [1.165, 1.54) is 5.56 Å². The molecule has 2 unspecified atom stereocenters. The van der Waals surface area contributed by atoms with Crippen LogP contribution in [0.3, 0.4) is 0 Å². The lowest BCUT2D eigenvalue weighted by Crippen LogP contribution is -2.29. The van der Waals surface area contributed by atoms with E-state index in [0.717, 1.165) is 39.2 Å². The molecule has 7 heteroatoms. The smallest absolute Gasteiger partial charge is 0.174 e. The van der Waals surface area contributed by atoms with Crippen molar-refractivity contribution >= 4 is 34.6 Å². The van der Waals surface area contributed by atoms with Crippen LogP contribution >= 0.6 is 23.8 Å². The highest BCUT2D eigenvalue weighted by Crippen LogP contribution is 2.44. The molecule has 5 nitrogen and oxygen atoms in total. The largest absolute Gasteiger partial charge is 0.494 e. The van der Waals surface area contributed by atoms with E-state index in [1.807, 2.05) is 67.7 Å². The number of aryl methyl sites for hydroxylation is 1. The van der Waals surface area contributed by atoms with E-state index in [1.54, 1.807) is 0 Å². The third-order valence-corrected chi connectivity index (χ3v) is 6.96. The van der Waals surface area contributed by atoms with Gasteiger partial charge in [0.25, 0.3) is 0 Å². The second kappa shape index (κ2) is 9.72. The monoisotopic (exact) mass is 502 g/mol. The summed E-state index contributed by atoms with van der Waals surface area (Å²) < 4.78 is 7.92. The van der Waals surface area contributed by atoms with Gasteiger partial charge in [0.05, 0.1) is 24.4 Å². The number of thiocarbonyl (C=S) groups is 1. The molecule has 35 heavy (non-hydrogen) atoms. The van der Waals surface area contributed by atoms with Gasteiger partial charge in [-0.25, -0.2) is 0 Å². The van der Waals surface area contributed by atoms with Crippen molar-refractivity contribution in [3.8, 4) is 11.4 Å². The zero-order valence-corrected chi connectivity index (χ0v) is 21.5. The normalized spacial score (nSPS) is 17.5. The van der Waals surface area contributed by atoms with Crippen molar-refractivity contribution in [2.75, 3.05) is 11.5 Å². The van der Waals surface area contributed by atoms with Gasteiger partial charge in [-0.3, -0.25) is 4.98 Å². The van der Waals surface area contributed by atoms with Gasteiger partial charge in [0.2, 0.25) is 0 Å². The average molecular weight is 503 g/mol. The maximum absolute atomic E-state index is 6.15. The Morgan fingerprint density at radius 2 is 1.71 bits per heavy atom. The number of benzene rings is 2. The number of hydrogen-bond acceptors (Lipinski definition) is 3. The lowest BCUT2D eigenvalue weighted by atomic mass is 9.96. The molecular weight excluding hydrogens is 476 g/mol. The van der Waals surface area contributed by atoms with Gasteiger partial charge in [-0.1, -0.05) is 17.7 Å². The lowest BCUT2D eigenvalue weighted by molar-refractivity contribution is 0.340. The molecule has 1 aliphatic rings. The minimum atomic E-state index is -0.102. The fourth-order valence-electron chi connectivity index (χ4n) is 4.89. The van der Waals surface area contributed by atoms with Crippen LogP contribution in [0.1, 0.15) is 41.7 Å². The number of pyridine rings is 1. The van der Waals surface area contributed by atoms with Crippen molar-refractivity contribution in [3.63, 3.8) is 0 Å². The number of hydrogen-bond donors (Lipinski definition) is 1. The van der Waals surface area contributed by atoms with Crippen LogP contribution in [-0.4, -0.2) is 21.3 Å². The Kier molecular flexibility index (Phi) is 6.50. The second-order valence-corrected chi connectivity index (χ2v) is 9.38. The van der Waals surface area contributed by atoms with Gasteiger partial charge in [0, 0.05) is 34.0 Å². The van der Waals surface area contributed by atoms with Crippen LogP contribution in [0.15, 0.2) is 79.0 Å². The number of nitrogens with zero attached hydrogens (tertiary/aromatic N) is 3. The minimum absolute atomic E-state index is 0.0809. The molecule has 0 radical (unpaired) electrons. The summed E-state index contributed by atoms with van der Waals surface area (Å²) in [4.78, 5) is 6.87. The molecule has 0 amide bonds. The maximum Gasteiger partial charge on any atom is 0.174 e. The molecule has 178 valence electrons. The first-order chi connectivity index (χ1) is 17.0. The van der Waals surface area contributed by atoms with Gasteiger partial charge >= 0.3 is 0 Å². The summed E-state index contributed by atoms with van der Waals surface area (Å²) in [5.41, 5.74) is 6.51. The molecule has 0 saturated carbocycles. The van der Waals surface area contributed by atoms with Crippen molar-refractivity contribution in [3.05, 3.63) is 107 Å². The number of halogens is 1. The molecule has 0 spiro atoms. The predicted molar refractivity (Wildman–Crippen MR) is 146 cm³/mol. The number of ether oxygens (including phenoxy) is 1. The van der Waals surface area contributed by atoms with Gasteiger partial charge in [-0.05, 0) is 105 Å². The van der Waals surface area contributed by atoms with E-state index >= 15 is 0 Å². The van der Waals surface area contributed by atoms with Crippen molar-refractivity contribution in [2.45, 2.75) is 32.9 Å². The molecule has 0 aliphatic carbocycles. The molecule has 4 aromatic rings. The topological polar surface area (TPSA) is 42.3 Å². The Labute approximate surface area is 216 Å². The zero-order valence-electron chi connectivity index (χ0n) is 19.9. The van der Waals surface area contributed by atoms with Crippen molar-refractivity contribution in [1.82, 2.24) is 14.9 Å². The lowest BCUT2D eigenvalue weighted by Gasteiger charge is -2.28. The molecule has 1 N–H and O–H groups in total. The third-order valence-electron chi connectivity index (χ3n) is 6.40. The first kappa shape index (κ1) is 23.4. The quantitative estimate of drug-likeness (QED) is 0.296. The summed E-state index contributed by atoms with van der Waals surface area (Å²) >= 11 is 12.0. The van der Waals surface area contributed by atoms with Gasteiger partial charge in [0.1, 0.15) is 5.75 Å². The van der Waals surface area contributed by atoms with Crippen LogP contribution < -0.4 is 15.0 Å². The van der Waals surface area contributed by atoms with Crippen molar-refractivity contribution in [2.24, 2.45) is 0 Å². The standard InChI is InChI=1S/C28H27ClN4OS/c1-4-34-23-14-12-22(13-15-23)33-27(26(31-28(33)35)25-7-5-6-16-30-25)24-17-18(2)32(19(24)3)21-10-8-20(29)9-11-21/h5-17,26-27H,4H2,1-3H3,(H,31,35). The molecule has 2 aromatic carbocycles. The van der Waals surface area contributed by atoms with Crippen LogP contribution in [0, 0.1) is 13.8 Å². The Hall–Kier alpha value is -3.35. The first-order valence-corrected chi connectivity index (χ1v) is 12.4.